The Labute approximate surface area is 134 Å². The number of rotatable bonds is 8. The number of hydrogen-bond donors (Lipinski definition) is 1. The molecular formula is C15H19Cl2NO3. The van der Waals surface area contributed by atoms with E-state index in [1.165, 1.54) is 0 Å². The van der Waals surface area contributed by atoms with Gasteiger partial charge < -0.3 is 10.1 Å². The third kappa shape index (κ3) is 6.82. The number of alkyl halides is 2. The van der Waals surface area contributed by atoms with E-state index >= 15 is 0 Å². The van der Waals surface area contributed by atoms with E-state index in [-0.39, 0.29) is 5.97 Å². The number of ether oxygens (including phenoxy) is 1. The van der Waals surface area contributed by atoms with Crippen LogP contribution in [-0.2, 0) is 9.53 Å². The Hall–Kier alpha value is -1.26. The van der Waals surface area contributed by atoms with Crippen molar-refractivity contribution in [3.63, 3.8) is 0 Å². The molecule has 1 rings (SSSR count). The van der Waals surface area contributed by atoms with Crippen molar-refractivity contribution in [1.82, 2.24) is 0 Å². The fourth-order valence-corrected chi connectivity index (χ4v) is 1.77. The SMILES string of the molecule is CCCCCCOC(=O)c1ccc(NC(=O)C(Cl)Cl)cc1. The van der Waals surface area contributed by atoms with Crippen LogP contribution in [0.1, 0.15) is 43.0 Å². The van der Waals surface area contributed by atoms with Crippen LogP contribution in [0.4, 0.5) is 5.69 Å². The van der Waals surface area contributed by atoms with Gasteiger partial charge in [0.15, 0.2) is 4.84 Å². The Kier molecular flexibility index (Phi) is 8.16. The maximum atomic E-state index is 11.8. The number of benzene rings is 1. The van der Waals surface area contributed by atoms with Crippen LogP contribution in [0, 0.1) is 0 Å². The van der Waals surface area contributed by atoms with E-state index in [9.17, 15) is 9.59 Å². The molecular weight excluding hydrogens is 313 g/mol. The zero-order chi connectivity index (χ0) is 15.7. The highest BCUT2D eigenvalue weighted by atomic mass is 35.5. The summed E-state index contributed by atoms with van der Waals surface area (Å²) in [5.41, 5.74) is 0.961. The number of amides is 1. The van der Waals surface area contributed by atoms with Gasteiger partial charge in [-0.15, -0.1) is 0 Å². The van der Waals surface area contributed by atoms with Crippen molar-refractivity contribution in [3.05, 3.63) is 29.8 Å². The molecule has 0 bridgehead atoms. The van der Waals surface area contributed by atoms with Crippen LogP contribution in [0.25, 0.3) is 0 Å². The summed E-state index contributed by atoms with van der Waals surface area (Å²) in [5.74, 6) is -0.874. The standard InChI is InChI=1S/C15H19Cl2NO3/c1-2-3-4-5-10-21-15(20)11-6-8-12(9-7-11)18-14(19)13(16)17/h6-9,13H,2-5,10H2,1H3,(H,18,19). The summed E-state index contributed by atoms with van der Waals surface area (Å²) in [7, 11) is 0. The number of carbonyl (C=O) groups is 2. The summed E-state index contributed by atoms with van der Waals surface area (Å²) >= 11 is 10.9. The molecule has 0 fully saturated rings. The van der Waals surface area contributed by atoms with Gasteiger partial charge in [0, 0.05) is 5.69 Å². The molecule has 0 aliphatic rings. The lowest BCUT2D eigenvalue weighted by Crippen LogP contribution is -2.18. The number of anilines is 1. The van der Waals surface area contributed by atoms with Gasteiger partial charge in [-0.05, 0) is 30.7 Å². The third-order valence-electron chi connectivity index (χ3n) is 2.82. The molecule has 0 atom stereocenters. The van der Waals surface area contributed by atoms with Gasteiger partial charge in [-0.1, -0.05) is 49.4 Å². The van der Waals surface area contributed by atoms with E-state index in [1.54, 1.807) is 24.3 Å². The number of halogens is 2. The number of nitrogens with one attached hydrogen (secondary N) is 1. The zero-order valence-electron chi connectivity index (χ0n) is 11.9. The molecule has 0 unspecified atom stereocenters. The third-order valence-corrected chi connectivity index (χ3v) is 3.21. The average Bonchev–Trinajstić information content (AvgIpc) is 2.47. The normalized spacial score (nSPS) is 10.5. The van der Waals surface area contributed by atoms with E-state index in [0.717, 1.165) is 25.7 Å². The number of hydrogen-bond acceptors (Lipinski definition) is 3. The van der Waals surface area contributed by atoms with Crippen molar-refractivity contribution in [1.29, 1.82) is 0 Å². The van der Waals surface area contributed by atoms with Crippen molar-refractivity contribution in [2.45, 2.75) is 37.4 Å². The molecule has 116 valence electrons. The maximum absolute atomic E-state index is 11.8. The first kappa shape index (κ1) is 17.8. The van der Waals surface area contributed by atoms with Gasteiger partial charge in [0.05, 0.1) is 12.2 Å². The summed E-state index contributed by atoms with van der Waals surface area (Å²) < 4.78 is 5.17. The molecule has 1 N–H and O–H groups in total. The Morgan fingerprint density at radius 3 is 2.38 bits per heavy atom. The molecule has 4 nitrogen and oxygen atoms in total. The van der Waals surface area contributed by atoms with Crippen molar-refractivity contribution < 1.29 is 14.3 Å². The van der Waals surface area contributed by atoms with E-state index in [2.05, 4.69) is 12.2 Å². The molecule has 0 aliphatic carbocycles. The van der Waals surface area contributed by atoms with Crippen molar-refractivity contribution >= 4 is 40.8 Å². The summed E-state index contributed by atoms with van der Waals surface area (Å²) in [6.07, 6.45) is 4.23. The van der Waals surface area contributed by atoms with Gasteiger partial charge in [0.1, 0.15) is 0 Å². The lowest BCUT2D eigenvalue weighted by atomic mass is 10.2. The number of esters is 1. The highest BCUT2D eigenvalue weighted by Gasteiger charge is 2.12. The second kappa shape index (κ2) is 9.64. The van der Waals surface area contributed by atoms with Gasteiger partial charge in [0.25, 0.3) is 5.91 Å². The largest absolute Gasteiger partial charge is 0.462 e. The highest BCUT2D eigenvalue weighted by Crippen LogP contribution is 2.13. The van der Waals surface area contributed by atoms with Crippen molar-refractivity contribution in [3.8, 4) is 0 Å². The summed E-state index contributed by atoms with van der Waals surface area (Å²) in [5, 5.41) is 2.52. The minimum atomic E-state index is -1.13. The predicted molar refractivity (Wildman–Crippen MR) is 85.0 cm³/mol. The van der Waals surface area contributed by atoms with Crippen LogP contribution in [0.2, 0.25) is 0 Å². The van der Waals surface area contributed by atoms with Crippen LogP contribution in [0.15, 0.2) is 24.3 Å². The molecule has 0 aliphatic heterocycles. The van der Waals surface area contributed by atoms with E-state index < -0.39 is 10.7 Å². The number of carbonyl (C=O) groups excluding carboxylic acids is 2. The topological polar surface area (TPSA) is 55.4 Å². The summed E-state index contributed by atoms with van der Waals surface area (Å²) in [6.45, 7) is 2.56. The lowest BCUT2D eigenvalue weighted by molar-refractivity contribution is -0.114. The first-order valence-electron chi connectivity index (χ1n) is 6.90. The smallest absolute Gasteiger partial charge is 0.338 e. The fourth-order valence-electron chi connectivity index (χ4n) is 1.66. The first-order chi connectivity index (χ1) is 10.0. The monoisotopic (exact) mass is 331 g/mol. The molecule has 6 heteroatoms. The molecule has 0 radical (unpaired) electrons. The van der Waals surface area contributed by atoms with E-state index in [0.29, 0.717) is 17.9 Å². The quantitative estimate of drug-likeness (QED) is 0.442. The van der Waals surface area contributed by atoms with Crippen LogP contribution in [0.5, 0.6) is 0 Å². The van der Waals surface area contributed by atoms with Crippen molar-refractivity contribution in [2.75, 3.05) is 11.9 Å². The Bertz CT molecular complexity index is 460. The highest BCUT2D eigenvalue weighted by molar-refractivity contribution is 6.54. The first-order valence-corrected chi connectivity index (χ1v) is 7.78. The van der Waals surface area contributed by atoms with Gasteiger partial charge in [-0.2, -0.15) is 0 Å². The Balaban J connectivity index is 2.42. The molecule has 0 saturated heterocycles. The molecule has 0 saturated carbocycles. The van der Waals surface area contributed by atoms with Gasteiger partial charge >= 0.3 is 5.97 Å². The lowest BCUT2D eigenvalue weighted by Gasteiger charge is -2.07. The fraction of sp³-hybridized carbons (Fsp3) is 0.467. The van der Waals surface area contributed by atoms with Crippen molar-refractivity contribution in [2.24, 2.45) is 0 Å². The maximum Gasteiger partial charge on any atom is 0.338 e. The molecule has 0 aromatic heterocycles. The molecule has 0 spiro atoms. The summed E-state index contributed by atoms with van der Waals surface area (Å²) in [4.78, 5) is 21.9. The molecule has 1 aromatic rings. The van der Waals surface area contributed by atoms with E-state index in [1.807, 2.05) is 0 Å². The minimum Gasteiger partial charge on any atom is -0.462 e. The van der Waals surface area contributed by atoms with Crippen LogP contribution < -0.4 is 5.32 Å². The molecule has 1 aromatic carbocycles. The second-order valence-electron chi connectivity index (χ2n) is 4.56. The Morgan fingerprint density at radius 1 is 1.14 bits per heavy atom. The zero-order valence-corrected chi connectivity index (χ0v) is 13.4. The van der Waals surface area contributed by atoms with Gasteiger partial charge in [-0.25, -0.2) is 4.79 Å². The minimum absolute atomic E-state index is 0.364. The van der Waals surface area contributed by atoms with Crippen LogP contribution >= 0.6 is 23.2 Å². The van der Waals surface area contributed by atoms with E-state index in [4.69, 9.17) is 27.9 Å². The van der Waals surface area contributed by atoms with Crippen LogP contribution in [0.3, 0.4) is 0 Å². The average molecular weight is 332 g/mol. The van der Waals surface area contributed by atoms with Gasteiger partial charge in [0.2, 0.25) is 0 Å². The number of unbranched alkanes of at least 4 members (excludes halogenated alkanes) is 3. The predicted octanol–water partition coefficient (Wildman–Crippen LogP) is 4.17. The second-order valence-corrected chi connectivity index (χ2v) is 5.66. The molecule has 21 heavy (non-hydrogen) atoms. The molecule has 0 heterocycles. The summed E-state index contributed by atoms with van der Waals surface area (Å²) in [6, 6.07) is 6.37. The van der Waals surface area contributed by atoms with Gasteiger partial charge in [-0.3, -0.25) is 4.79 Å². The van der Waals surface area contributed by atoms with Crippen LogP contribution in [-0.4, -0.2) is 23.3 Å². The Morgan fingerprint density at radius 2 is 1.81 bits per heavy atom. The molecule has 1 amide bonds.